The summed E-state index contributed by atoms with van der Waals surface area (Å²) < 4.78 is 12.2. The van der Waals surface area contributed by atoms with E-state index in [9.17, 15) is 4.79 Å². The number of carbonyl (C=O) groups is 1. The zero-order chi connectivity index (χ0) is 18.5. The summed E-state index contributed by atoms with van der Waals surface area (Å²) in [4.78, 5) is 14.3. The first-order valence-electron chi connectivity index (χ1n) is 8.61. The Kier molecular flexibility index (Phi) is 5.67. The van der Waals surface area contributed by atoms with Crippen LogP contribution in [0.15, 0.2) is 18.2 Å². The fourth-order valence-electron chi connectivity index (χ4n) is 3.04. The molecule has 26 heavy (non-hydrogen) atoms. The number of ether oxygens (including phenoxy) is 2. The molecule has 1 aromatic heterocycles. The van der Waals surface area contributed by atoms with Crippen LogP contribution in [0.5, 0.6) is 11.5 Å². The fourth-order valence-corrected chi connectivity index (χ4v) is 3.04. The van der Waals surface area contributed by atoms with E-state index in [1.165, 1.54) is 0 Å². The van der Waals surface area contributed by atoms with E-state index >= 15 is 0 Å². The number of benzene rings is 1. The minimum Gasteiger partial charge on any atom is -0.497 e. The monoisotopic (exact) mass is 360 g/mol. The van der Waals surface area contributed by atoms with E-state index in [1.807, 2.05) is 12.1 Å². The molecule has 1 amide bonds. The Labute approximate surface area is 152 Å². The van der Waals surface area contributed by atoms with E-state index in [1.54, 1.807) is 36.9 Å². The third-order valence-corrected chi connectivity index (χ3v) is 4.48. The van der Waals surface area contributed by atoms with Gasteiger partial charge in [-0.1, -0.05) is 6.42 Å². The smallest absolute Gasteiger partial charge is 0.239 e. The van der Waals surface area contributed by atoms with Crippen molar-refractivity contribution in [3.8, 4) is 17.2 Å². The van der Waals surface area contributed by atoms with Gasteiger partial charge in [-0.25, -0.2) is 0 Å². The zero-order valence-electron chi connectivity index (χ0n) is 15.3. The number of methoxy groups -OCH3 is 2. The van der Waals surface area contributed by atoms with Crippen molar-refractivity contribution in [3.63, 3.8) is 0 Å². The van der Waals surface area contributed by atoms with Gasteiger partial charge in [0.05, 0.1) is 32.5 Å². The lowest BCUT2D eigenvalue weighted by atomic mass is 10.0. The topological polar surface area (TPSA) is 94.4 Å². The highest BCUT2D eigenvalue weighted by Crippen LogP contribution is 2.25. The maximum atomic E-state index is 12.6. The predicted molar refractivity (Wildman–Crippen MR) is 94.4 cm³/mol. The van der Waals surface area contributed by atoms with E-state index in [0.29, 0.717) is 29.6 Å². The van der Waals surface area contributed by atoms with E-state index < -0.39 is 0 Å². The average Bonchev–Trinajstić information content (AvgIpc) is 3.15. The molecule has 9 nitrogen and oxygen atoms in total. The van der Waals surface area contributed by atoms with Gasteiger partial charge in [-0.05, 0) is 29.8 Å². The average molecular weight is 360 g/mol. The molecule has 1 aliphatic heterocycles. The number of likely N-dealkylation sites (N-methyl/N-ethyl adjacent to an activating group) is 1. The lowest BCUT2D eigenvalue weighted by Gasteiger charge is -2.27. The number of rotatable bonds is 6. The minimum atomic E-state index is -0.130. The number of piperidine rings is 1. The van der Waals surface area contributed by atoms with Crippen LogP contribution in [-0.2, 0) is 11.3 Å². The Hall–Kier alpha value is -2.68. The van der Waals surface area contributed by atoms with Crippen LogP contribution >= 0.6 is 0 Å². The van der Waals surface area contributed by atoms with Crippen LogP contribution in [0.3, 0.4) is 0 Å². The van der Waals surface area contributed by atoms with Crippen molar-refractivity contribution in [3.05, 3.63) is 24.0 Å². The van der Waals surface area contributed by atoms with Gasteiger partial charge in [-0.2, -0.15) is 4.68 Å². The second-order valence-corrected chi connectivity index (χ2v) is 6.27. The molecule has 0 radical (unpaired) electrons. The van der Waals surface area contributed by atoms with Crippen molar-refractivity contribution in [2.45, 2.75) is 31.8 Å². The molecule has 2 aromatic rings. The molecule has 1 aliphatic rings. The summed E-state index contributed by atoms with van der Waals surface area (Å²) in [6.45, 7) is 1.19. The Balaban J connectivity index is 1.79. The van der Waals surface area contributed by atoms with Crippen molar-refractivity contribution < 1.29 is 14.3 Å². The SMILES string of the molecule is COc1cc(OC)cc(-n2nnnc2CN(C)C(=O)C2CCCCN2)c1. The highest BCUT2D eigenvalue weighted by atomic mass is 16.5. The van der Waals surface area contributed by atoms with Gasteiger partial charge in [0.25, 0.3) is 0 Å². The summed E-state index contributed by atoms with van der Waals surface area (Å²) in [5.41, 5.74) is 0.706. The van der Waals surface area contributed by atoms with Crippen LogP contribution in [0.2, 0.25) is 0 Å². The molecule has 0 spiro atoms. The first-order valence-corrected chi connectivity index (χ1v) is 8.61. The number of nitrogens with zero attached hydrogens (tertiary/aromatic N) is 5. The lowest BCUT2D eigenvalue weighted by molar-refractivity contribution is -0.133. The second-order valence-electron chi connectivity index (χ2n) is 6.27. The summed E-state index contributed by atoms with van der Waals surface area (Å²) in [5, 5.41) is 15.2. The number of hydrogen-bond donors (Lipinski definition) is 1. The van der Waals surface area contributed by atoms with Crippen molar-refractivity contribution in [1.82, 2.24) is 30.4 Å². The highest BCUT2D eigenvalue weighted by molar-refractivity contribution is 5.81. The van der Waals surface area contributed by atoms with Crippen molar-refractivity contribution in [2.75, 3.05) is 27.8 Å². The van der Waals surface area contributed by atoms with Gasteiger partial charge in [0.15, 0.2) is 5.82 Å². The Morgan fingerprint density at radius 2 is 2.00 bits per heavy atom. The summed E-state index contributed by atoms with van der Waals surface area (Å²) in [6.07, 6.45) is 3.04. The molecule has 1 saturated heterocycles. The molecule has 0 saturated carbocycles. The first kappa shape index (κ1) is 18.1. The summed E-state index contributed by atoms with van der Waals surface area (Å²) in [5.74, 6) is 1.89. The summed E-state index contributed by atoms with van der Waals surface area (Å²) >= 11 is 0. The highest BCUT2D eigenvalue weighted by Gasteiger charge is 2.25. The van der Waals surface area contributed by atoms with Crippen LogP contribution < -0.4 is 14.8 Å². The van der Waals surface area contributed by atoms with Gasteiger partial charge >= 0.3 is 0 Å². The van der Waals surface area contributed by atoms with Gasteiger partial charge in [-0.3, -0.25) is 4.79 Å². The Morgan fingerprint density at radius 3 is 2.62 bits per heavy atom. The molecule has 1 atom stereocenters. The molecule has 9 heteroatoms. The third-order valence-electron chi connectivity index (χ3n) is 4.48. The number of amides is 1. The number of tetrazole rings is 1. The molecular weight excluding hydrogens is 336 g/mol. The van der Waals surface area contributed by atoms with Crippen molar-refractivity contribution in [2.24, 2.45) is 0 Å². The number of nitrogens with one attached hydrogen (secondary N) is 1. The van der Waals surface area contributed by atoms with E-state index in [2.05, 4.69) is 20.8 Å². The van der Waals surface area contributed by atoms with E-state index in [4.69, 9.17) is 9.47 Å². The van der Waals surface area contributed by atoms with Crippen LogP contribution in [0.4, 0.5) is 0 Å². The molecule has 140 valence electrons. The second kappa shape index (κ2) is 8.13. The minimum absolute atomic E-state index is 0.0578. The number of carbonyl (C=O) groups excluding carboxylic acids is 1. The fraction of sp³-hybridized carbons (Fsp3) is 0.529. The van der Waals surface area contributed by atoms with Gasteiger partial charge in [0, 0.05) is 25.2 Å². The first-order chi connectivity index (χ1) is 12.6. The third kappa shape index (κ3) is 3.93. The summed E-state index contributed by atoms with van der Waals surface area (Å²) in [6, 6.07) is 5.27. The van der Waals surface area contributed by atoms with E-state index in [-0.39, 0.29) is 11.9 Å². The molecule has 1 N–H and O–H groups in total. The standard InChI is InChI=1S/C17H24N6O3/c1-22(17(24)15-6-4-5-7-18-15)11-16-19-20-21-23(16)12-8-13(25-2)10-14(9-12)26-3/h8-10,15,18H,4-7,11H2,1-3H3. The molecule has 1 fully saturated rings. The van der Waals surface area contributed by atoms with Gasteiger partial charge in [0.1, 0.15) is 11.5 Å². The molecule has 1 unspecified atom stereocenters. The Bertz CT molecular complexity index is 734. The molecular formula is C17H24N6O3. The van der Waals surface area contributed by atoms with Crippen LogP contribution in [0.1, 0.15) is 25.1 Å². The maximum absolute atomic E-state index is 12.6. The zero-order valence-corrected chi connectivity index (χ0v) is 15.3. The Morgan fingerprint density at radius 1 is 1.27 bits per heavy atom. The maximum Gasteiger partial charge on any atom is 0.239 e. The molecule has 2 heterocycles. The van der Waals surface area contributed by atoms with Crippen LogP contribution in [-0.4, -0.2) is 64.9 Å². The largest absolute Gasteiger partial charge is 0.497 e. The lowest BCUT2D eigenvalue weighted by Crippen LogP contribution is -2.47. The predicted octanol–water partition coefficient (Wildman–Crippen LogP) is 0.780. The number of hydrogen-bond acceptors (Lipinski definition) is 7. The quantitative estimate of drug-likeness (QED) is 0.813. The van der Waals surface area contributed by atoms with Crippen molar-refractivity contribution >= 4 is 5.91 Å². The van der Waals surface area contributed by atoms with Gasteiger partial charge in [0.2, 0.25) is 5.91 Å². The van der Waals surface area contributed by atoms with E-state index in [0.717, 1.165) is 25.8 Å². The van der Waals surface area contributed by atoms with Crippen LogP contribution in [0.25, 0.3) is 5.69 Å². The summed E-state index contributed by atoms with van der Waals surface area (Å²) in [7, 11) is 4.94. The molecule has 1 aromatic carbocycles. The van der Waals surface area contributed by atoms with Gasteiger partial charge < -0.3 is 19.7 Å². The van der Waals surface area contributed by atoms with Crippen LogP contribution in [0, 0.1) is 0 Å². The molecule has 0 aliphatic carbocycles. The van der Waals surface area contributed by atoms with Gasteiger partial charge in [-0.15, -0.1) is 5.10 Å². The number of aromatic nitrogens is 4. The molecule has 0 bridgehead atoms. The van der Waals surface area contributed by atoms with Crippen molar-refractivity contribution in [1.29, 1.82) is 0 Å². The molecule has 3 rings (SSSR count). The normalized spacial score (nSPS) is 17.0.